The number of hydrogen-bond donors (Lipinski definition) is 0. The Morgan fingerprint density at radius 3 is 2.39 bits per heavy atom. The van der Waals surface area contributed by atoms with Crippen molar-refractivity contribution in [1.29, 1.82) is 0 Å². The highest BCUT2D eigenvalue weighted by atomic mass is 16.2. The van der Waals surface area contributed by atoms with Gasteiger partial charge in [0.1, 0.15) is 0 Å². The Hall–Kier alpha value is -2.62. The zero-order chi connectivity index (χ0) is 20.1. The first kappa shape index (κ1) is 20.1. The van der Waals surface area contributed by atoms with Gasteiger partial charge in [-0.2, -0.15) is 0 Å². The van der Waals surface area contributed by atoms with Crippen molar-refractivity contribution < 1.29 is 9.59 Å². The molecule has 0 aromatic heterocycles. The number of amides is 2. The van der Waals surface area contributed by atoms with Crippen LogP contribution in [-0.2, 0) is 21.4 Å². The van der Waals surface area contributed by atoms with Gasteiger partial charge in [-0.15, -0.1) is 0 Å². The van der Waals surface area contributed by atoms with Crippen molar-refractivity contribution in [3.63, 3.8) is 0 Å². The molecule has 0 fully saturated rings. The molecule has 4 nitrogen and oxygen atoms in total. The predicted octanol–water partition coefficient (Wildman–Crippen LogP) is 4.18. The molecule has 0 N–H and O–H groups in total. The van der Waals surface area contributed by atoms with Gasteiger partial charge >= 0.3 is 0 Å². The Balaban J connectivity index is 1.95. The fourth-order valence-electron chi connectivity index (χ4n) is 4.37. The molecule has 4 heteroatoms. The number of rotatable bonds is 8. The number of benzene rings is 2. The molecule has 0 saturated heterocycles. The van der Waals surface area contributed by atoms with E-state index in [-0.39, 0.29) is 11.8 Å². The maximum Gasteiger partial charge on any atom is 0.237 e. The summed E-state index contributed by atoms with van der Waals surface area (Å²) < 4.78 is 0. The van der Waals surface area contributed by atoms with Crippen LogP contribution in [0, 0.1) is 0 Å². The molecular weight excluding hydrogens is 348 g/mol. The van der Waals surface area contributed by atoms with E-state index in [2.05, 4.69) is 19.1 Å². The molecule has 1 unspecified atom stereocenters. The van der Waals surface area contributed by atoms with Crippen molar-refractivity contribution in [2.75, 3.05) is 25.0 Å². The van der Waals surface area contributed by atoms with Gasteiger partial charge in [-0.05, 0) is 43.4 Å². The lowest BCUT2D eigenvalue weighted by Crippen LogP contribution is -2.42. The van der Waals surface area contributed by atoms with Crippen molar-refractivity contribution in [1.82, 2.24) is 4.90 Å². The number of para-hydroxylation sites is 1. The third kappa shape index (κ3) is 3.68. The number of hydrogen-bond acceptors (Lipinski definition) is 2. The minimum absolute atomic E-state index is 0.0869. The molecule has 2 aromatic rings. The Kier molecular flexibility index (Phi) is 6.18. The van der Waals surface area contributed by atoms with E-state index in [4.69, 9.17) is 0 Å². The van der Waals surface area contributed by atoms with Gasteiger partial charge < -0.3 is 9.80 Å². The maximum atomic E-state index is 13.5. The highest BCUT2D eigenvalue weighted by molar-refractivity contribution is 6.08. The summed E-state index contributed by atoms with van der Waals surface area (Å²) in [5.41, 5.74) is 2.43. The Bertz CT molecular complexity index is 834. The molecule has 1 atom stereocenters. The van der Waals surface area contributed by atoms with Crippen molar-refractivity contribution in [2.45, 2.75) is 44.9 Å². The fraction of sp³-hybridized carbons (Fsp3) is 0.417. The Morgan fingerprint density at radius 1 is 1.04 bits per heavy atom. The van der Waals surface area contributed by atoms with E-state index in [1.165, 1.54) is 0 Å². The summed E-state index contributed by atoms with van der Waals surface area (Å²) in [6, 6.07) is 18.1. The molecule has 2 aromatic carbocycles. The number of carbonyl (C=O) groups is 2. The van der Waals surface area contributed by atoms with Crippen LogP contribution in [0.25, 0.3) is 0 Å². The number of anilines is 1. The summed E-state index contributed by atoms with van der Waals surface area (Å²) >= 11 is 0. The van der Waals surface area contributed by atoms with Gasteiger partial charge in [0.2, 0.25) is 11.8 Å². The molecule has 0 aliphatic carbocycles. The molecule has 1 aliphatic rings. The molecular formula is C24H30N2O2. The SMILES string of the molecule is CCCN(CC)C(=O)CCC1(Cc2ccccc2)C(=O)N(C)c2ccccc21. The first-order chi connectivity index (χ1) is 13.5. The van der Waals surface area contributed by atoms with E-state index < -0.39 is 5.41 Å². The van der Waals surface area contributed by atoms with Gasteiger partial charge in [0.05, 0.1) is 5.41 Å². The molecule has 0 radical (unpaired) electrons. The molecule has 1 aliphatic heterocycles. The van der Waals surface area contributed by atoms with Crippen molar-refractivity contribution in [2.24, 2.45) is 0 Å². The number of nitrogens with zero attached hydrogens (tertiary/aromatic N) is 2. The minimum Gasteiger partial charge on any atom is -0.343 e. The van der Waals surface area contributed by atoms with Crippen LogP contribution in [-0.4, -0.2) is 36.9 Å². The van der Waals surface area contributed by atoms with Gasteiger partial charge in [0.15, 0.2) is 0 Å². The third-order valence-corrected chi connectivity index (χ3v) is 5.84. The third-order valence-electron chi connectivity index (χ3n) is 5.84. The zero-order valence-electron chi connectivity index (χ0n) is 17.1. The van der Waals surface area contributed by atoms with E-state index in [1.54, 1.807) is 4.90 Å². The monoisotopic (exact) mass is 378 g/mol. The Morgan fingerprint density at radius 2 is 1.71 bits per heavy atom. The second-order valence-electron chi connectivity index (χ2n) is 7.60. The van der Waals surface area contributed by atoms with Gasteiger partial charge in [0.25, 0.3) is 0 Å². The van der Waals surface area contributed by atoms with E-state index in [0.29, 0.717) is 25.8 Å². The van der Waals surface area contributed by atoms with Crippen LogP contribution in [0.1, 0.15) is 44.2 Å². The van der Waals surface area contributed by atoms with Gasteiger partial charge in [-0.25, -0.2) is 0 Å². The second-order valence-corrected chi connectivity index (χ2v) is 7.60. The van der Waals surface area contributed by atoms with Gasteiger partial charge in [-0.3, -0.25) is 9.59 Å². The van der Waals surface area contributed by atoms with Crippen LogP contribution in [0.5, 0.6) is 0 Å². The average Bonchev–Trinajstić information content (AvgIpc) is 2.93. The van der Waals surface area contributed by atoms with Crippen LogP contribution < -0.4 is 4.90 Å². The second kappa shape index (κ2) is 8.59. The molecule has 0 bridgehead atoms. The van der Waals surface area contributed by atoms with Crippen molar-refractivity contribution in [3.8, 4) is 0 Å². The summed E-state index contributed by atoms with van der Waals surface area (Å²) in [6.07, 6.45) is 2.47. The normalized spacial score (nSPS) is 18.2. The average molecular weight is 379 g/mol. The zero-order valence-corrected chi connectivity index (χ0v) is 17.1. The minimum atomic E-state index is -0.687. The lowest BCUT2D eigenvalue weighted by Gasteiger charge is -2.30. The number of likely N-dealkylation sites (N-methyl/N-ethyl adjacent to an activating group) is 1. The van der Waals surface area contributed by atoms with Crippen LogP contribution in [0.2, 0.25) is 0 Å². The van der Waals surface area contributed by atoms with Crippen LogP contribution >= 0.6 is 0 Å². The Labute approximate surface area is 168 Å². The predicted molar refractivity (Wildman–Crippen MR) is 113 cm³/mol. The largest absolute Gasteiger partial charge is 0.343 e. The van der Waals surface area contributed by atoms with E-state index in [0.717, 1.165) is 29.8 Å². The maximum absolute atomic E-state index is 13.5. The molecule has 0 saturated carbocycles. The lowest BCUT2D eigenvalue weighted by atomic mass is 9.73. The van der Waals surface area contributed by atoms with Crippen LogP contribution in [0.3, 0.4) is 0 Å². The number of carbonyl (C=O) groups excluding carboxylic acids is 2. The molecule has 1 heterocycles. The van der Waals surface area contributed by atoms with E-state index in [9.17, 15) is 9.59 Å². The van der Waals surface area contributed by atoms with Gasteiger partial charge in [0, 0.05) is 32.2 Å². The lowest BCUT2D eigenvalue weighted by molar-refractivity contribution is -0.132. The first-order valence-corrected chi connectivity index (χ1v) is 10.2. The van der Waals surface area contributed by atoms with Crippen LogP contribution in [0.15, 0.2) is 54.6 Å². The molecule has 3 rings (SSSR count). The smallest absolute Gasteiger partial charge is 0.237 e. The first-order valence-electron chi connectivity index (χ1n) is 10.2. The highest BCUT2D eigenvalue weighted by Gasteiger charge is 2.49. The van der Waals surface area contributed by atoms with Gasteiger partial charge in [-0.1, -0.05) is 55.5 Å². The molecule has 148 valence electrons. The summed E-state index contributed by atoms with van der Waals surface area (Å²) in [5, 5.41) is 0. The summed E-state index contributed by atoms with van der Waals surface area (Å²) in [5.74, 6) is 0.223. The van der Waals surface area contributed by atoms with Crippen molar-refractivity contribution in [3.05, 3.63) is 65.7 Å². The topological polar surface area (TPSA) is 40.6 Å². The summed E-state index contributed by atoms with van der Waals surface area (Å²) in [4.78, 5) is 29.9. The molecule has 28 heavy (non-hydrogen) atoms. The van der Waals surface area contributed by atoms with Crippen LogP contribution in [0.4, 0.5) is 5.69 Å². The molecule has 2 amide bonds. The standard InChI is InChI=1S/C24H30N2O2/c1-4-17-26(5-2)22(27)15-16-24(18-19-11-7-6-8-12-19)20-13-9-10-14-21(20)25(3)23(24)28/h6-14H,4-5,15-18H2,1-3H3. The van der Waals surface area contributed by atoms with E-state index >= 15 is 0 Å². The highest BCUT2D eigenvalue weighted by Crippen LogP contribution is 2.46. The quantitative estimate of drug-likeness (QED) is 0.691. The number of fused-ring (bicyclic) bond motifs is 1. The molecule has 0 spiro atoms. The van der Waals surface area contributed by atoms with Crippen molar-refractivity contribution >= 4 is 17.5 Å². The fourth-order valence-corrected chi connectivity index (χ4v) is 4.37. The van der Waals surface area contributed by atoms with E-state index in [1.807, 2.05) is 61.3 Å². The summed E-state index contributed by atoms with van der Waals surface area (Å²) in [7, 11) is 1.84. The summed E-state index contributed by atoms with van der Waals surface area (Å²) in [6.45, 7) is 5.57.